The third kappa shape index (κ3) is 4.69. The molecule has 0 unspecified atom stereocenters. The molecule has 0 aliphatic carbocycles. The maximum atomic E-state index is 10.2. The third-order valence-corrected chi connectivity index (χ3v) is 6.28. The Morgan fingerprint density at radius 2 is 1.69 bits per heavy atom. The van der Waals surface area contributed by atoms with Gasteiger partial charge in [-0.15, -0.1) is 11.3 Å². The summed E-state index contributed by atoms with van der Waals surface area (Å²) in [6, 6.07) is 23.3. The summed E-state index contributed by atoms with van der Waals surface area (Å²) in [5.41, 5.74) is 3.39. The van der Waals surface area contributed by atoms with Crippen molar-refractivity contribution >= 4 is 28.5 Å². The summed E-state index contributed by atoms with van der Waals surface area (Å²) in [6.45, 7) is 0.525. The normalized spacial score (nSPS) is 12.0. The molecule has 0 saturated heterocycles. The number of thiazole rings is 1. The van der Waals surface area contributed by atoms with Crippen molar-refractivity contribution in [3.05, 3.63) is 94.1 Å². The van der Waals surface area contributed by atoms with Crippen molar-refractivity contribution in [1.29, 1.82) is 0 Å². The number of fused-ring (bicyclic) bond motifs is 1. The molecule has 0 radical (unpaired) electrons. The number of hydrogen-bond acceptors (Lipinski definition) is 7. The fraction of sp³-hybridized carbons (Fsp3) is 0.111. The number of methoxy groups -OCH3 is 2. The van der Waals surface area contributed by atoms with Crippen molar-refractivity contribution in [2.75, 3.05) is 14.2 Å². The van der Waals surface area contributed by atoms with E-state index in [4.69, 9.17) is 24.0 Å². The van der Waals surface area contributed by atoms with Crippen LogP contribution in [0.3, 0.4) is 0 Å². The van der Waals surface area contributed by atoms with E-state index in [1.807, 2.05) is 66.0 Å². The van der Waals surface area contributed by atoms with Crippen LogP contribution in [0.15, 0.2) is 92.7 Å². The first-order valence-electron chi connectivity index (χ1n) is 10.9. The molecule has 3 aromatic carbocycles. The first-order valence-corrected chi connectivity index (χ1v) is 11.8. The summed E-state index contributed by atoms with van der Waals surface area (Å²) in [7, 11) is 2.98. The van der Waals surface area contributed by atoms with Crippen LogP contribution in [0.5, 0.6) is 17.2 Å². The average molecular weight is 486 g/mol. The number of aromatic nitrogens is 1. The lowest BCUT2D eigenvalue weighted by Gasteiger charge is -2.09. The monoisotopic (exact) mass is 485 g/mol. The summed E-state index contributed by atoms with van der Waals surface area (Å²) >= 11 is 1.49. The zero-order valence-electron chi connectivity index (χ0n) is 19.2. The lowest BCUT2D eigenvalue weighted by atomic mass is 10.2. The highest BCUT2D eigenvalue weighted by Crippen LogP contribution is 2.36. The highest BCUT2D eigenvalue weighted by atomic mass is 32.1. The van der Waals surface area contributed by atoms with Gasteiger partial charge in [-0.1, -0.05) is 48.5 Å². The number of benzene rings is 3. The van der Waals surface area contributed by atoms with Gasteiger partial charge in [0.05, 0.1) is 27.0 Å². The lowest BCUT2D eigenvalue weighted by molar-refractivity contribution is 0.340. The standard InChI is InChI=1S/C27H23N3O4S/c1-32-24-12-19(13-25(33-2)26(24)31)16-29-30-21(23-14-20-10-6-7-11-22(20)34-23)17-35-27(30)28-15-18-8-4-3-5-9-18/h3-14,16-17,31H,15H2,1-2H3. The molecule has 8 heteroatoms. The molecule has 0 amide bonds. The van der Waals surface area contributed by atoms with Crippen molar-refractivity contribution < 1.29 is 19.0 Å². The van der Waals surface area contributed by atoms with E-state index < -0.39 is 0 Å². The molecule has 0 atom stereocenters. The van der Waals surface area contributed by atoms with Crippen LogP contribution in [-0.2, 0) is 6.54 Å². The number of nitrogens with zero attached hydrogens (tertiary/aromatic N) is 3. The topological polar surface area (TPSA) is 81.5 Å². The molecule has 1 N–H and O–H groups in total. The Balaban J connectivity index is 1.60. The predicted octanol–water partition coefficient (Wildman–Crippen LogP) is 5.67. The Labute approximate surface area is 205 Å². The minimum absolute atomic E-state index is 0.0585. The molecule has 0 saturated carbocycles. The van der Waals surface area contributed by atoms with Crippen molar-refractivity contribution in [2.45, 2.75) is 6.54 Å². The molecular weight excluding hydrogens is 462 g/mol. The SMILES string of the molecule is COc1cc(C=Nn2c(-c3cc4ccccc4o3)csc2=NCc2ccccc2)cc(OC)c1O. The maximum absolute atomic E-state index is 10.2. The van der Waals surface area contributed by atoms with Gasteiger partial charge in [-0.05, 0) is 29.8 Å². The van der Waals surface area contributed by atoms with Gasteiger partial charge in [0.15, 0.2) is 17.3 Å². The summed E-state index contributed by atoms with van der Waals surface area (Å²) < 4.78 is 18.4. The Morgan fingerprint density at radius 3 is 2.40 bits per heavy atom. The summed E-state index contributed by atoms with van der Waals surface area (Å²) in [5.74, 6) is 1.23. The molecule has 0 spiro atoms. The van der Waals surface area contributed by atoms with Gasteiger partial charge in [-0.25, -0.2) is 4.68 Å². The number of phenolic OH excluding ortho intramolecular Hbond substituents is 1. The van der Waals surface area contributed by atoms with Crippen molar-refractivity contribution in [3.8, 4) is 28.7 Å². The van der Waals surface area contributed by atoms with Crippen LogP contribution in [0.4, 0.5) is 0 Å². The van der Waals surface area contributed by atoms with Gasteiger partial charge in [-0.3, -0.25) is 4.99 Å². The van der Waals surface area contributed by atoms with Gasteiger partial charge in [0.25, 0.3) is 0 Å². The van der Waals surface area contributed by atoms with Gasteiger partial charge in [0.2, 0.25) is 10.6 Å². The van der Waals surface area contributed by atoms with Gasteiger partial charge < -0.3 is 19.0 Å². The number of ether oxygens (including phenoxy) is 2. The number of aromatic hydroxyl groups is 1. The Hall–Kier alpha value is -4.30. The minimum Gasteiger partial charge on any atom is -0.502 e. The third-order valence-electron chi connectivity index (χ3n) is 5.43. The number of rotatable bonds is 7. The first kappa shape index (κ1) is 22.5. The highest BCUT2D eigenvalue weighted by molar-refractivity contribution is 7.07. The van der Waals surface area contributed by atoms with E-state index in [-0.39, 0.29) is 5.75 Å². The Morgan fingerprint density at radius 1 is 0.971 bits per heavy atom. The van der Waals surface area contributed by atoms with Gasteiger partial charge in [-0.2, -0.15) is 5.10 Å². The van der Waals surface area contributed by atoms with Gasteiger partial charge in [0.1, 0.15) is 11.3 Å². The second kappa shape index (κ2) is 9.90. The van der Waals surface area contributed by atoms with Crippen LogP contribution < -0.4 is 14.3 Å². The fourth-order valence-corrected chi connectivity index (χ4v) is 4.47. The molecule has 176 valence electrons. The predicted molar refractivity (Wildman–Crippen MR) is 137 cm³/mol. The molecule has 0 fully saturated rings. The Bertz CT molecular complexity index is 1510. The van der Waals surface area contributed by atoms with Crippen LogP contribution in [-0.4, -0.2) is 30.2 Å². The number of phenols is 1. The molecule has 2 aromatic heterocycles. The van der Waals surface area contributed by atoms with E-state index in [1.54, 1.807) is 23.0 Å². The van der Waals surface area contributed by atoms with E-state index in [0.717, 1.165) is 27.0 Å². The zero-order chi connectivity index (χ0) is 24.2. The fourth-order valence-electron chi connectivity index (χ4n) is 3.65. The van der Waals surface area contributed by atoms with Crippen LogP contribution in [0.1, 0.15) is 11.1 Å². The van der Waals surface area contributed by atoms with E-state index in [0.29, 0.717) is 29.4 Å². The highest BCUT2D eigenvalue weighted by Gasteiger charge is 2.14. The number of hydrogen-bond donors (Lipinski definition) is 1. The van der Waals surface area contributed by atoms with Crippen molar-refractivity contribution in [2.24, 2.45) is 10.1 Å². The van der Waals surface area contributed by atoms with Crippen molar-refractivity contribution in [1.82, 2.24) is 4.68 Å². The Kier molecular flexibility index (Phi) is 6.36. The number of furan rings is 1. The quantitative estimate of drug-likeness (QED) is 0.301. The largest absolute Gasteiger partial charge is 0.502 e. The first-order chi connectivity index (χ1) is 17.2. The molecule has 5 rings (SSSR count). The molecule has 0 bridgehead atoms. The van der Waals surface area contributed by atoms with Gasteiger partial charge in [0, 0.05) is 16.3 Å². The second-order valence-electron chi connectivity index (χ2n) is 7.68. The van der Waals surface area contributed by atoms with E-state index >= 15 is 0 Å². The summed E-state index contributed by atoms with van der Waals surface area (Å²) in [5, 5.41) is 18.0. The smallest absolute Gasteiger partial charge is 0.206 e. The summed E-state index contributed by atoms with van der Waals surface area (Å²) in [6.07, 6.45) is 1.67. The van der Waals surface area contributed by atoms with Crippen LogP contribution in [0, 0.1) is 0 Å². The molecule has 2 heterocycles. The molecule has 0 aliphatic rings. The minimum atomic E-state index is -0.0585. The lowest BCUT2D eigenvalue weighted by Crippen LogP contribution is -2.12. The zero-order valence-corrected chi connectivity index (χ0v) is 20.0. The molecule has 5 aromatic rings. The molecule has 0 aliphatic heterocycles. The molecular formula is C27H23N3O4S. The van der Waals surface area contributed by atoms with E-state index in [1.165, 1.54) is 25.6 Å². The van der Waals surface area contributed by atoms with E-state index in [9.17, 15) is 5.11 Å². The molecule has 7 nitrogen and oxygen atoms in total. The second-order valence-corrected chi connectivity index (χ2v) is 8.52. The average Bonchev–Trinajstić information content (AvgIpc) is 3.51. The van der Waals surface area contributed by atoms with Crippen LogP contribution >= 0.6 is 11.3 Å². The maximum Gasteiger partial charge on any atom is 0.206 e. The van der Waals surface area contributed by atoms with Gasteiger partial charge >= 0.3 is 0 Å². The van der Waals surface area contributed by atoms with Crippen LogP contribution in [0.2, 0.25) is 0 Å². The summed E-state index contributed by atoms with van der Waals surface area (Å²) in [4.78, 5) is 5.53. The van der Waals surface area contributed by atoms with Crippen LogP contribution in [0.25, 0.3) is 22.4 Å². The van der Waals surface area contributed by atoms with E-state index in [2.05, 4.69) is 0 Å². The molecule has 35 heavy (non-hydrogen) atoms. The van der Waals surface area contributed by atoms with Crippen molar-refractivity contribution in [3.63, 3.8) is 0 Å². The number of para-hydroxylation sites is 1.